The number of hydrogen-bond acceptors (Lipinski definition) is 3. The summed E-state index contributed by atoms with van der Waals surface area (Å²) in [6.45, 7) is 1.74. The Morgan fingerprint density at radius 1 is 1.46 bits per heavy atom. The van der Waals surface area contributed by atoms with Crippen molar-refractivity contribution in [3.63, 3.8) is 0 Å². The Hall–Kier alpha value is -1.20. The van der Waals surface area contributed by atoms with Crippen molar-refractivity contribution in [2.24, 2.45) is 0 Å². The molecule has 0 aliphatic rings. The van der Waals surface area contributed by atoms with Crippen LogP contribution >= 0.6 is 0 Å². The van der Waals surface area contributed by atoms with E-state index in [0.29, 0.717) is 5.56 Å². The largest absolute Gasteiger partial charge is 0.755 e. The molecule has 70 valence electrons. The van der Waals surface area contributed by atoms with Crippen molar-refractivity contribution in [1.82, 2.24) is 4.72 Å². The first-order chi connectivity index (χ1) is 6.11. The Balaban J connectivity index is 2.89. The van der Waals surface area contributed by atoms with Crippen LogP contribution in [-0.4, -0.2) is 14.7 Å². The van der Waals surface area contributed by atoms with E-state index in [1.807, 2.05) is 0 Å². The van der Waals surface area contributed by atoms with Crippen molar-refractivity contribution in [1.29, 1.82) is 0 Å². The Bertz CT molecular complexity index is 351. The molecule has 0 radical (unpaired) electrons. The minimum atomic E-state index is -2.55. The summed E-state index contributed by atoms with van der Waals surface area (Å²) in [5.41, 5.74) is 1.11. The second kappa shape index (κ2) is 4.15. The van der Waals surface area contributed by atoms with Crippen molar-refractivity contribution in [2.45, 2.75) is 6.92 Å². The average molecular weight is 198 g/mol. The molecule has 1 aromatic rings. The third-order valence-corrected chi connectivity index (χ3v) is 1.92. The number of aryl methyl sites for hydroxylation is 1. The SMILES string of the molecule is Cc1ccccc1C(=O)NS(=O)[O-]. The fraction of sp³-hybridized carbons (Fsp3) is 0.125. The Labute approximate surface area is 78.4 Å². The van der Waals surface area contributed by atoms with Crippen LogP contribution in [0, 0.1) is 6.92 Å². The molecule has 4 nitrogen and oxygen atoms in total. The van der Waals surface area contributed by atoms with Gasteiger partial charge >= 0.3 is 0 Å². The van der Waals surface area contributed by atoms with Crippen LogP contribution in [0.15, 0.2) is 24.3 Å². The first-order valence-electron chi connectivity index (χ1n) is 3.57. The number of hydrogen-bond donors (Lipinski definition) is 1. The van der Waals surface area contributed by atoms with Gasteiger partial charge in [-0.3, -0.25) is 13.7 Å². The van der Waals surface area contributed by atoms with Gasteiger partial charge in [-0.25, -0.2) is 0 Å². The highest BCUT2D eigenvalue weighted by Crippen LogP contribution is 2.06. The van der Waals surface area contributed by atoms with Crippen molar-refractivity contribution in [3.05, 3.63) is 35.4 Å². The van der Waals surface area contributed by atoms with Crippen LogP contribution in [-0.2, 0) is 11.3 Å². The van der Waals surface area contributed by atoms with Gasteiger partial charge in [0, 0.05) is 16.8 Å². The predicted octanol–water partition coefficient (Wildman–Crippen LogP) is 0.519. The number of nitrogens with one attached hydrogen (secondary N) is 1. The van der Waals surface area contributed by atoms with Crippen molar-refractivity contribution < 1.29 is 13.6 Å². The fourth-order valence-electron chi connectivity index (χ4n) is 0.958. The van der Waals surface area contributed by atoms with Gasteiger partial charge in [0.25, 0.3) is 5.91 Å². The van der Waals surface area contributed by atoms with E-state index in [9.17, 15) is 13.6 Å². The topological polar surface area (TPSA) is 69.2 Å². The van der Waals surface area contributed by atoms with E-state index in [4.69, 9.17) is 0 Å². The van der Waals surface area contributed by atoms with Crippen molar-refractivity contribution in [3.8, 4) is 0 Å². The number of carbonyl (C=O) groups is 1. The molecule has 1 unspecified atom stereocenters. The van der Waals surface area contributed by atoms with E-state index in [2.05, 4.69) is 0 Å². The summed E-state index contributed by atoms with van der Waals surface area (Å²) in [5, 5.41) is 0. The number of amides is 1. The molecule has 0 saturated heterocycles. The Kier molecular flexibility index (Phi) is 3.16. The molecule has 5 heteroatoms. The summed E-state index contributed by atoms with van der Waals surface area (Å²) in [4.78, 5) is 11.2. The molecule has 1 amide bonds. The molecule has 0 aromatic heterocycles. The predicted molar refractivity (Wildman–Crippen MR) is 47.6 cm³/mol. The van der Waals surface area contributed by atoms with Gasteiger partial charge in [0.2, 0.25) is 0 Å². The van der Waals surface area contributed by atoms with Crippen LogP contribution in [0.2, 0.25) is 0 Å². The van der Waals surface area contributed by atoms with Gasteiger partial charge in [-0.15, -0.1) is 0 Å². The molecule has 0 fully saturated rings. The zero-order chi connectivity index (χ0) is 9.84. The maximum atomic E-state index is 11.2. The summed E-state index contributed by atoms with van der Waals surface area (Å²) in [5.74, 6) is -0.605. The summed E-state index contributed by atoms with van der Waals surface area (Å²) in [6, 6.07) is 6.76. The highest BCUT2D eigenvalue weighted by Gasteiger charge is 2.06. The zero-order valence-electron chi connectivity index (χ0n) is 6.94. The molecular formula is C8H8NO3S-. The van der Waals surface area contributed by atoms with Crippen molar-refractivity contribution >= 4 is 17.2 Å². The van der Waals surface area contributed by atoms with Gasteiger partial charge in [0.15, 0.2) is 0 Å². The monoisotopic (exact) mass is 198 g/mol. The highest BCUT2D eigenvalue weighted by molar-refractivity contribution is 7.77. The second-order valence-electron chi connectivity index (χ2n) is 2.48. The normalized spacial score (nSPS) is 12.2. The summed E-state index contributed by atoms with van der Waals surface area (Å²) < 4.78 is 22.1. The lowest BCUT2D eigenvalue weighted by atomic mass is 10.1. The number of carbonyl (C=O) groups excluding carboxylic acids is 1. The summed E-state index contributed by atoms with van der Waals surface area (Å²) in [6.07, 6.45) is 0. The highest BCUT2D eigenvalue weighted by atomic mass is 32.2. The quantitative estimate of drug-likeness (QED) is 0.704. The molecule has 1 N–H and O–H groups in total. The third-order valence-electron chi connectivity index (χ3n) is 1.57. The van der Waals surface area contributed by atoms with Gasteiger partial charge < -0.3 is 4.55 Å². The van der Waals surface area contributed by atoms with E-state index in [-0.39, 0.29) is 0 Å². The van der Waals surface area contributed by atoms with Crippen molar-refractivity contribution in [2.75, 3.05) is 0 Å². The van der Waals surface area contributed by atoms with Crippen LogP contribution in [0.1, 0.15) is 15.9 Å². The first kappa shape index (κ1) is 9.88. The molecule has 0 spiro atoms. The molecule has 1 aromatic carbocycles. The third kappa shape index (κ3) is 2.64. The van der Waals surface area contributed by atoms with E-state index in [1.165, 1.54) is 0 Å². The molecule has 0 aliphatic carbocycles. The molecule has 1 atom stereocenters. The number of rotatable bonds is 2. The Morgan fingerprint density at radius 2 is 2.08 bits per heavy atom. The van der Waals surface area contributed by atoms with Crippen LogP contribution in [0.3, 0.4) is 0 Å². The Morgan fingerprint density at radius 3 is 2.62 bits per heavy atom. The zero-order valence-corrected chi connectivity index (χ0v) is 7.76. The number of benzene rings is 1. The maximum Gasteiger partial charge on any atom is 0.262 e. The van der Waals surface area contributed by atoms with Gasteiger partial charge in [-0.1, -0.05) is 18.2 Å². The fourth-order valence-corrected chi connectivity index (χ4v) is 1.22. The molecule has 1 rings (SSSR count). The minimum Gasteiger partial charge on any atom is -0.755 e. The van der Waals surface area contributed by atoms with E-state index < -0.39 is 17.2 Å². The van der Waals surface area contributed by atoms with Gasteiger partial charge in [-0.2, -0.15) is 0 Å². The lowest BCUT2D eigenvalue weighted by Crippen LogP contribution is -2.25. The first-order valence-corrected chi connectivity index (χ1v) is 4.64. The summed E-state index contributed by atoms with van der Waals surface area (Å²) >= 11 is -2.55. The van der Waals surface area contributed by atoms with Gasteiger partial charge in [0.1, 0.15) is 0 Å². The van der Waals surface area contributed by atoms with Gasteiger partial charge in [0.05, 0.1) is 0 Å². The summed E-state index contributed by atoms with van der Waals surface area (Å²) in [7, 11) is 0. The minimum absolute atomic E-state index is 0.367. The molecular weight excluding hydrogens is 190 g/mol. The molecule has 13 heavy (non-hydrogen) atoms. The van der Waals surface area contributed by atoms with Crippen LogP contribution in [0.5, 0.6) is 0 Å². The van der Waals surface area contributed by atoms with Gasteiger partial charge in [-0.05, 0) is 18.6 Å². The van der Waals surface area contributed by atoms with Crippen LogP contribution in [0.4, 0.5) is 0 Å². The molecule has 0 aliphatic heterocycles. The lowest BCUT2D eigenvalue weighted by Gasteiger charge is -2.08. The van der Waals surface area contributed by atoms with E-state index in [1.54, 1.807) is 35.9 Å². The molecule has 0 heterocycles. The van der Waals surface area contributed by atoms with Crippen LogP contribution in [0.25, 0.3) is 0 Å². The second-order valence-corrected chi connectivity index (χ2v) is 3.15. The maximum absolute atomic E-state index is 11.2. The lowest BCUT2D eigenvalue weighted by molar-refractivity contribution is 0.0980. The standard InChI is InChI=1S/C8H9NO3S/c1-6-4-2-3-5-7(6)8(10)9-13(11)12/h2-5H,1H3,(H,9,10)(H,11,12)/p-1. The molecule has 0 saturated carbocycles. The van der Waals surface area contributed by atoms with E-state index in [0.717, 1.165) is 5.56 Å². The average Bonchev–Trinajstić information content (AvgIpc) is 2.03. The molecule has 0 bridgehead atoms. The smallest absolute Gasteiger partial charge is 0.262 e. The van der Waals surface area contributed by atoms with E-state index >= 15 is 0 Å². The van der Waals surface area contributed by atoms with Crippen LogP contribution < -0.4 is 4.72 Å².